The van der Waals surface area contributed by atoms with Crippen molar-refractivity contribution in [2.75, 3.05) is 19.9 Å². The van der Waals surface area contributed by atoms with E-state index in [0.29, 0.717) is 23.7 Å². The molecule has 1 heterocycles. The van der Waals surface area contributed by atoms with E-state index in [-0.39, 0.29) is 19.2 Å². The van der Waals surface area contributed by atoms with Gasteiger partial charge in [-0.05, 0) is 54.4 Å². The second-order valence-electron chi connectivity index (χ2n) is 6.31. The number of hydrazone groups is 1. The molecule has 29 heavy (non-hydrogen) atoms. The first kappa shape index (κ1) is 20.2. The van der Waals surface area contributed by atoms with E-state index in [1.165, 1.54) is 6.21 Å². The van der Waals surface area contributed by atoms with Crippen molar-refractivity contribution >= 4 is 18.0 Å². The summed E-state index contributed by atoms with van der Waals surface area (Å²) in [5.41, 5.74) is 3.57. The second kappa shape index (κ2) is 10.1. The highest BCUT2D eigenvalue weighted by Crippen LogP contribution is 2.32. The van der Waals surface area contributed by atoms with E-state index in [1.54, 1.807) is 18.2 Å². The highest BCUT2D eigenvalue weighted by Gasteiger charge is 2.16. The third kappa shape index (κ3) is 5.97. The number of hydrogen-bond donors (Lipinski definition) is 2. The summed E-state index contributed by atoms with van der Waals surface area (Å²) in [6, 6.07) is 12.2. The molecule has 0 atom stereocenters. The first-order chi connectivity index (χ1) is 14.2. The number of nitrogens with one attached hydrogen (secondary N) is 2. The fourth-order valence-electron chi connectivity index (χ4n) is 2.50. The van der Waals surface area contributed by atoms with Gasteiger partial charge in [-0.15, -0.1) is 0 Å². The van der Waals surface area contributed by atoms with E-state index in [2.05, 4.69) is 22.8 Å². The second-order valence-corrected chi connectivity index (χ2v) is 6.31. The normalized spacial score (nSPS) is 12.0. The number of ether oxygens (including phenoxy) is 3. The Morgan fingerprint density at radius 1 is 1.14 bits per heavy atom. The topological polar surface area (TPSA) is 98.2 Å². The molecule has 8 nitrogen and oxygen atoms in total. The summed E-state index contributed by atoms with van der Waals surface area (Å²) < 4.78 is 16.0. The van der Waals surface area contributed by atoms with Crippen molar-refractivity contribution in [3.63, 3.8) is 0 Å². The summed E-state index contributed by atoms with van der Waals surface area (Å²) in [6.45, 7) is 2.74. The largest absolute Gasteiger partial charge is 0.494 e. The summed E-state index contributed by atoms with van der Waals surface area (Å²) in [5, 5.41) is 6.42. The van der Waals surface area contributed by atoms with Crippen LogP contribution < -0.4 is 25.0 Å². The zero-order valence-electron chi connectivity index (χ0n) is 16.1. The minimum Gasteiger partial charge on any atom is -0.494 e. The maximum Gasteiger partial charge on any atom is 0.259 e. The number of carbonyl (C=O) groups excluding carboxylic acids is 2. The molecule has 2 N–H and O–H groups in total. The van der Waals surface area contributed by atoms with Gasteiger partial charge in [0.25, 0.3) is 11.8 Å². The van der Waals surface area contributed by atoms with Gasteiger partial charge in [0.15, 0.2) is 11.5 Å². The average Bonchev–Trinajstić information content (AvgIpc) is 3.21. The van der Waals surface area contributed by atoms with E-state index in [4.69, 9.17) is 14.2 Å². The molecule has 3 rings (SSSR count). The smallest absolute Gasteiger partial charge is 0.259 e. The molecule has 8 heteroatoms. The quantitative estimate of drug-likeness (QED) is 0.385. The molecule has 0 radical (unpaired) electrons. The Labute approximate surface area is 168 Å². The van der Waals surface area contributed by atoms with Crippen molar-refractivity contribution in [1.29, 1.82) is 0 Å². The lowest BCUT2D eigenvalue weighted by Gasteiger charge is -2.05. The Hall–Kier alpha value is -3.55. The first-order valence-corrected chi connectivity index (χ1v) is 9.38. The minimum absolute atomic E-state index is 0.134. The van der Waals surface area contributed by atoms with Crippen LogP contribution in [0.4, 0.5) is 0 Å². The Morgan fingerprint density at radius 3 is 2.72 bits per heavy atom. The van der Waals surface area contributed by atoms with E-state index in [9.17, 15) is 9.59 Å². The molecule has 0 unspecified atom stereocenters. The van der Waals surface area contributed by atoms with Crippen LogP contribution in [0.2, 0.25) is 0 Å². The third-order valence-corrected chi connectivity index (χ3v) is 4.09. The van der Waals surface area contributed by atoms with Crippen LogP contribution in [0.25, 0.3) is 0 Å². The van der Waals surface area contributed by atoms with Crippen molar-refractivity contribution in [1.82, 2.24) is 10.7 Å². The molecular weight excluding hydrogens is 374 g/mol. The lowest BCUT2D eigenvalue weighted by atomic mass is 10.2. The number of rotatable bonds is 9. The lowest BCUT2D eigenvalue weighted by Crippen LogP contribution is -2.34. The number of hydrogen-bond acceptors (Lipinski definition) is 6. The van der Waals surface area contributed by atoms with Crippen LogP contribution in [0.15, 0.2) is 47.6 Å². The van der Waals surface area contributed by atoms with Crippen LogP contribution in [0.5, 0.6) is 17.2 Å². The van der Waals surface area contributed by atoms with Crippen LogP contribution >= 0.6 is 0 Å². The SMILES string of the molecule is CCCCOc1ccc(/C=N/NC(=O)CNC(=O)c2ccc3c(c2)OCO3)cc1. The molecule has 0 spiro atoms. The fraction of sp³-hybridized carbons (Fsp3) is 0.286. The molecule has 0 aliphatic carbocycles. The lowest BCUT2D eigenvalue weighted by molar-refractivity contribution is -0.120. The standard InChI is InChI=1S/C21H23N3O5/c1-2-3-10-27-17-7-4-15(5-8-17)12-23-24-20(25)13-22-21(26)16-6-9-18-19(11-16)29-14-28-18/h4-9,11-12H,2-3,10,13-14H2,1H3,(H,22,26)(H,24,25)/b23-12+. The molecule has 0 saturated heterocycles. The van der Waals surface area contributed by atoms with Gasteiger partial charge in [0.2, 0.25) is 6.79 Å². The number of amides is 2. The van der Waals surface area contributed by atoms with Gasteiger partial charge in [-0.2, -0.15) is 5.10 Å². The molecule has 0 saturated carbocycles. The van der Waals surface area contributed by atoms with Crippen molar-refractivity contribution in [2.45, 2.75) is 19.8 Å². The number of nitrogens with zero attached hydrogens (tertiary/aromatic N) is 1. The Bertz CT molecular complexity index is 880. The first-order valence-electron chi connectivity index (χ1n) is 9.38. The van der Waals surface area contributed by atoms with Gasteiger partial charge >= 0.3 is 0 Å². The predicted molar refractivity (Wildman–Crippen MR) is 107 cm³/mol. The van der Waals surface area contributed by atoms with Crippen molar-refractivity contribution < 1.29 is 23.8 Å². The minimum atomic E-state index is -0.435. The van der Waals surface area contributed by atoms with Gasteiger partial charge in [0.1, 0.15) is 5.75 Å². The highest BCUT2D eigenvalue weighted by molar-refractivity contribution is 5.97. The summed E-state index contributed by atoms with van der Waals surface area (Å²) in [7, 11) is 0. The predicted octanol–water partition coefficient (Wildman–Crippen LogP) is 2.47. The van der Waals surface area contributed by atoms with Gasteiger partial charge in [-0.25, -0.2) is 5.43 Å². The summed E-state index contributed by atoms with van der Waals surface area (Å²) in [5.74, 6) is 1.07. The zero-order chi connectivity index (χ0) is 20.5. The average molecular weight is 397 g/mol. The van der Waals surface area contributed by atoms with Crippen LogP contribution in [-0.2, 0) is 4.79 Å². The van der Waals surface area contributed by atoms with Gasteiger partial charge in [0, 0.05) is 5.56 Å². The van der Waals surface area contributed by atoms with Gasteiger partial charge in [-0.1, -0.05) is 13.3 Å². The Balaban J connectivity index is 1.40. The van der Waals surface area contributed by atoms with Crippen molar-refractivity contribution in [3.05, 3.63) is 53.6 Å². The van der Waals surface area contributed by atoms with E-state index in [1.807, 2.05) is 24.3 Å². The highest BCUT2D eigenvalue weighted by atomic mass is 16.7. The third-order valence-electron chi connectivity index (χ3n) is 4.09. The summed E-state index contributed by atoms with van der Waals surface area (Å²) >= 11 is 0. The van der Waals surface area contributed by atoms with Crippen LogP contribution in [-0.4, -0.2) is 38.0 Å². The molecule has 152 valence electrons. The molecule has 1 aliphatic heterocycles. The van der Waals surface area contributed by atoms with Crippen LogP contribution in [0.1, 0.15) is 35.7 Å². The molecule has 0 aromatic heterocycles. The molecule has 2 aromatic rings. The van der Waals surface area contributed by atoms with Gasteiger partial charge in [0.05, 0.1) is 19.4 Å². The number of unbranched alkanes of at least 4 members (excludes halogenated alkanes) is 1. The maximum atomic E-state index is 12.1. The summed E-state index contributed by atoms with van der Waals surface area (Å²) in [6.07, 6.45) is 3.62. The van der Waals surface area contributed by atoms with E-state index < -0.39 is 5.91 Å². The Morgan fingerprint density at radius 2 is 1.93 bits per heavy atom. The van der Waals surface area contributed by atoms with Crippen LogP contribution in [0.3, 0.4) is 0 Å². The number of carbonyl (C=O) groups is 2. The summed E-state index contributed by atoms with van der Waals surface area (Å²) in [4.78, 5) is 24.0. The monoisotopic (exact) mass is 397 g/mol. The number of benzene rings is 2. The molecule has 2 amide bonds. The molecule has 0 bridgehead atoms. The van der Waals surface area contributed by atoms with Gasteiger partial charge < -0.3 is 19.5 Å². The molecule has 2 aromatic carbocycles. The molecule has 0 fully saturated rings. The van der Waals surface area contributed by atoms with Crippen molar-refractivity contribution in [3.8, 4) is 17.2 Å². The van der Waals surface area contributed by atoms with E-state index in [0.717, 1.165) is 24.2 Å². The van der Waals surface area contributed by atoms with Gasteiger partial charge in [-0.3, -0.25) is 9.59 Å². The zero-order valence-corrected chi connectivity index (χ0v) is 16.1. The molecular formula is C21H23N3O5. The van der Waals surface area contributed by atoms with Crippen LogP contribution in [0, 0.1) is 0 Å². The Kier molecular flexibility index (Phi) is 7.05. The van der Waals surface area contributed by atoms with E-state index >= 15 is 0 Å². The fourth-order valence-corrected chi connectivity index (χ4v) is 2.50. The molecule has 1 aliphatic rings. The van der Waals surface area contributed by atoms with Crippen molar-refractivity contribution in [2.24, 2.45) is 5.10 Å². The number of fused-ring (bicyclic) bond motifs is 1. The maximum absolute atomic E-state index is 12.1.